The fourth-order valence-corrected chi connectivity index (χ4v) is 1.17. The first kappa shape index (κ1) is 12.2. The summed E-state index contributed by atoms with van der Waals surface area (Å²) in [6.45, 7) is 2.24. The van der Waals surface area contributed by atoms with E-state index < -0.39 is 17.2 Å². The molecule has 16 heavy (non-hydrogen) atoms. The minimum absolute atomic E-state index is 0.161. The first-order chi connectivity index (χ1) is 7.60. The lowest BCUT2D eigenvalue weighted by molar-refractivity contribution is 0.0523. The molecule has 0 fully saturated rings. The molecule has 0 aliphatic rings. The number of nitrogens with one attached hydrogen (secondary N) is 1. The molecule has 1 aromatic rings. The SMILES string of the molecule is CCOC(=O)c1cn(CCN)c(=O)[nH]c1=O. The standard InChI is InChI=1S/C9H13N3O4/c1-2-16-8(14)6-5-12(4-3-10)9(15)11-7(6)13/h5H,2-4,10H2,1H3,(H,11,13,15). The molecule has 0 aromatic carbocycles. The van der Waals surface area contributed by atoms with Crippen LogP contribution in [0, 0.1) is 0 Å². The first-order valence-corrected chi connectivity index (χ1v) is 4.81. The average molecular weight is 227 g/mol. The Bertz CT molecular complexity index is 488. The van der Waals surface area contributed by atoms with Crippen LogP contribution in [-0.2, 0) is 11.3 Å². The van der Waals surface area contributed by atoms with Crippen molar-refractivity contribution in [1.29, 1.82) is 0 Å². The van der Waals surface area contributed by atoms with Gasteiger partial charge < -0.3 is 10.5 Å². The van der Waals surface area contributed by atoms with Crippen molar-refractivity contribution in [3.05, 3.63) is 32.6 Å². The molecule has 0 radical (unpaired) electrons. The number of aromatic nitrogens is 2. The van der Waals surface area contributed by atoms with Crippen LogP contribution < -0.4 is 17.0 Å². The Kier molecular flexibility index (Phi) is 4.01. The van der Waals surface area contributed by atoms with Crippen molar-refractivity contribution in [1.82, 2.24) is 9.55 Å². The summed E-state index contributed by atoms with van der Waals surface area (Å²) in [7, 11) is 0. The van der Waals surface area contributed by atoms with Crippen molar-refractivity contribution < 1.29 is 9.53 Å². The Hall–Kier alpha value is -1.89. The molecule has 0 aliphatic heterocycles. The van der Waals surface area contributed by atoms with Crippen LogP contribution in [-0.4, -0.2) is 28.7 Å². The van der Waals surface area contributed by atoms with Gasteiger partial charge in [0.15, 0.2) is 0 Å². The fourth-order valence-electron chi connectivity index (χ4n) is 1.17. The summed E-state index contributed by atoms with van der Waals surface area (Å²) in [5.74, 6) is -0.755. The highest BCUT2D eigenvalue weighted by molar-refractivity contribution is 5.88. The van der Waals surface area contributed by atoms with Gasteiger partial charge in [-0.3, -0.25) is 14.3 Å². The van der Waals surface area contributed by atoms with Gasteiger partial charge in [0.1, 0.15) is 5.56 Å². The normalized spacial score (nSPS) is 10.1. The second kappa shape index (κ2) is 5.26. The molecule has 7 nitrogen and oxygen atoms in total. The van der Waals surface area contributed by atoms with Gasteiger partial charge in [-0.1, -0.05) is 0 Å². The molecule has 0 spiro atoms. The summed E-state index contributed by atoms with van der Waals surface area (Å²) in [6.07, 6.45) is 1.16. The lowest BCUT2D eigenvalue weighted by atomic mass is 10.3. The van der Waals surface area contributed by atoms with E-state index in [1.165, 1.54) is 0 Å². The van der Waals surface area contributed by atoms with Crippen LogP contribution in [0.25, 0.3) is 0 Å². The van der Waals surface area contributed by atoms with Gasteiger partial charge in [0.2, 0.25) is 0 Å². The van der Waals surface area contributed by atoms with Crippen LogP contribution in [0.4, 0.5) is 0 Å². The highest BCUT2D eigenvalue weighted by Gasteiger charge is 2.13. The zero-order chi connectivity index (χ0) is 12.1. The van der Waals surface area contributed by atoms with Crippen molar-refractivity contribution in [2.45, 2.75) is 13.5 Å². The minimum Gasteiger partial charge on any atom is -0.462 e. The minimum atomic E-state index is -0.755. The van der Waals surface area contributed by atoms with Crippen molar-refractivity contribution >= 4 is 5.97 Å². The molecule has 0 unspecified atom stereocenters. The summed E-state index contributed by atoms with van der Waals surface area (Å²) in [4.78, 5) is 35.9. The Balaban J connectivity index is 3.19. The first-order valence-electron chi connectivity index (χ1n) is 4.81. The Morgan fingerprint density at radius 2 is 2.25 bits per heavy atom. The van der Waals surface area contributed by atoms with Gasteiger partial charge in [-0.05, 0) is 6.92 Å². The van der Waals surface area contributed by atoms with E-state index in [0.29, 0.717) is 0 Å². The summed E-state index contributed by atoms with van der Waals surface area (Å²) in [5, 5.41) is 0. The number of H-pyrrole nitrogens is 1. The molecule has 7 heteroatoms. The van der Waals surface area contributed by atoms with E-state index in [1.807, 2.05) is 4.98 Å². The zero-order valence-corrected chi connectivity index (χ0v) is 8.86. The molecule has 0 saturated heterocycles. The number of esters is 1. The number of rotatable bonds is 4. The maximum Gasteiger partial charge on any atom is 0.345 e. The molecule has 0 saturated carbocycles. The van der Waals surface area contributed by atoms with Crippen LogP contribution in [0.2, 0.25) is 0 Å². The summed E-state index contributed by atoms with van der Waals surface area (Å²) in [6, 6.07) is 0. The zero-order valence-electron chi connectivity index (χ0n) is 8.86. The summed E-state index contributed by atoms with van der Waals surface area (Å²) in [5.41, 5.74) is 3.74. The van der Waals surface area contributed by atoms with Gasteiger partial charge in [-0.25, -0.2) is 9.59 Å². The summed E-state index contributed by atoms with van der Waals surface area (Å²) >= 11 is 0. The number of carbonyl (C=O) groups is 1. The summed E-state index contributed by atoms with van der Waals surface area (Å²) < 4.78 is 5.84. The predicted molar refractivity (Wildman–Crippen MR) is 56.3 cm³/mol. The molecule has 1 rings (SSSR count). The smallest absolute Gasteiger partial charge is 0.345 e. The highest BCUT2D eigenvalue weighted by Crippen LogP contribution is 1.92. The van der Waals surface area contributed by atoms with Crippen LogP contribution in [0.15, 0.2) is 15.8 Å². The number of nitrogens with zero attached hydrogens (tertiary/aromatic N) is 1. The molecular weight excluding hydrogens is 214 g/mol. The van der Waals surface area contributed by atoms with Gasteiger partial charge >= 0.3 is 11.7 Å². The molecule has 0 atom stereocenters. The number of carbonyl (C=O) groups excluding carboxylic acids is 1. The Labute approximate surface area is 90.8 Å². The topological polar surface area (TPSA) is 107 Å². The van der Waals surface area contributed by atoms with Crippen LogP contribution >= 0.6 is 0 Å². The monoisotopic (exact) mass is 227 g/mol. The second-order valence-electron chi connectivity index (χ2n) is 3.00. The number of ether oxygens (including phenoxy) is 1. The van der Waals surface area contributed by atoms with Gasteiger partial charge in [0.05, 0.1) is 6.61 Å². The van der Waals surface area contributed by atoms with E-state index in [-0.39, 0.29) is 25.3 Å². The third-order valence-corrected chi connectivity index (χ3v) is 1.88. The quantitative estimate of drug-likeness (QED) is 0.620. The number of aromatic amines is 1. The fraction of sp³-hybridized carbons (Fsp3) is 0.444. The number of hydrogen-bond acceptors (Lipinski definition) is 5. The molecule has 0 bridgehead atoms. The third kappa shape index (κ3) is 2.57. The van der Waals surface area contributed by atoms with E-state index in [1.54, 1.807) is 6.92 Å². The van der Waals surface area contributed by atoms with Gasteiger partial charge in [-0.2, -0.15) is 0 Å². The Morgan fingerprint density at radius 1 is 1.56 bits per heavy atom. The van der Waals surface area contributed by atoms with Crippen LogP contribution in [0.1, 0.15) is 17.3 Å². The van der Waals surface area contributed by atoms with Crippen LogP contribution in [0.3, 0.4) is 0 Å². The number of nitrogens with two attached hydrogens (primary N) is 1. The van der Waals surface area contributed by atoms with E-state index in [2.05, 4.69) is 4.74 Å². The lowest BCUT2D eigenvalue weighted by Gasteiger charge is -2.05. The van der Waals surface area contributed by atoms with Crippen molar-refractivity contribution in [3.8, 4) is 0 Å². The molecule has 1 heterocycles. The van der Waals surface area contributed by atoms with E-state index in [0.717, 1.165) is 10.8 Å². The van der Waals surface area contributed by atoms with Gasteiger partial charge in [0.25, 0.3) is 5.56 Å². The maximum absolute atomic E-state index is 11.3. The highest BCUT2D eigenvalue weighted by atomic mass is 16.5. The largest absolute Gasteiger partial charge is 0.462 e. The van der Waals surface area contributed by atoms with E-state index in [9.17, 15) is 14.4 Å². The molecule has 1 aromatic heterocycles. The number of hydrogen-bond donors (Lipinski definition) is 2. The van der Waals surface area contributed by atoms with E-state index in [4.69, 9.17) is 5.73 Å². The second-order valence-corrected chi connectivity index (χ2v) is 3.00. The van der Waals surface area contributed by atoms with Crippen molar-refractivity contribution in [2.24, 2.45) is 5.73 Å². The Morgan fingerprint density at radius 3 is 2.81 bits per heavy atom. The maximum atomic E-state index is 11.3. The molecular formula is C9H13N3O4. The van der Waals surface area contributed by atoms with Crippen molar-refractivity contribution in [2.75, 3.05) is 13.2 Å². The molecule has 88 valence electrons. The van der Waals surface area contributed by atoms with Crippen molar-refractivity contribution in [3.63, 3.8) is 0 Å². The molecule has 3 N–H and O–H groups in total. The molecule has 0 aliphatic carbocycles. The predicted octanol–water partition coefficient (Wildman–Crippen LogP) is -1.33. The third-order valence-electron chi connectivity index (χ3n) is 1.88. The molecule has 0 amide bonds. The van der Waals surface area contributed by atoms with Crippen LogP contribution in [0.5, 0.6) is 0 Å². The van der Waals surface area contributed by atoms with Gasteiger partial charge in [0, 0.05) is 19.3 Å². The van der Waals surface area contributed by atoms with E-state index >= 15 is 0 Å². The average Bonchev–Trinajstić information content (AvgIpc) is 2.22. The van der Waals surface area contributed by atoms with Gasteiger partial charge in [-0.15, -0.1) is 0 Å². The lowest BCUT2D eigenvalue weighted by Crippen LogP contribution is -2.35.